The average Bonchev–Trinajstić information content (AvgIpc) is 0.785. The van der Waals surface area contributed by atoms with Gasteiger partial charge in [-0.3, -0.25) is 9.17 Å². The van der Waals surface area contributed by atoms with Crippen LogP contribution in [-0.2, 0) is 66.5 Å². The van der Waals surface area contributed by atoms with E-state index >= 15 is 0 Å². The molecule has 0 atom stereocenters. The van der Waals surface area contributed by atoms with Crippen molar-refractivity contribution < 1.29 is 52.1 Å². The molecule has 28 heteroatoms. The number of benzene rings is 8. The number of sulfonamides is 2. The first-order valence-corrected chi connectivity index (χ1v) is 50.9. The standard InChI is InChI=1S/C21H31NO3S.C18H26N2O3S.C18H26N2O2S.C16H21NO3S.C11H18N2.C11H17N.C9H15N3O.CH4/c1-21(2,3)25-15-7-6-8-16-26(23,24)20-14-10-11-17-18(20)12-9-13-19(17)22(4)5;1-18(2,3)23-13-12-19-24(21,22)17-11-7-8-14-15(17)9-6-10-16(14)20(4)5;1-18(2,3)12-13-19-23(21,22)17-11-7-8-14-15(17)9-6-10-16(14)20(4)5;1-16(2,3)20-21(18,19)15-11-7-8-12-13(15)9-6-10-14(12)17(4)5;1-8-5-9(7-11(2,3)4)13-10(12)6-8;1-9-5-6-12-10(7-9)8-11(2,3)4;1-6-5-7(12-8(10)11-6)13-9(2,3)4;/h9-14H,6-8,15-16H2,1-5H3;6-11,19H,12-13H2,1-5H3;6-11,19H,12-13H2,1-5H3;6-11H,1-5H3;5-6H,7H2,1-4H3,(H2,12,13);5-7H,8H2,1-4H3;5H,1-4H3,(H2,10,11,12);1H4. The summed E-state index contributed by atoms with van der Waals surface area (Å²) < 4.78 is 129. The highest BCUT2D eigenvalue weighted by molar-refractivity contribution is 7.91. The molecule has 0 spiro atoms. The van der Waals surface area contributed by atoms with Crippen LogP contribution in [0.2, 0.25) is 0 Å². The smallest absolute Gasteiger partial charge is 0.298 e. The number of nitrogens with one attached hydrogen (secondary N) is 2. The number of nitrogens with zero attached hydrogens (tertiary/aromatic N) is 8. The maximum absolute atomic E-state index is 12.9. The Labute approximate surface area is 799 Å². The minimum absolute atomic E-state index is 0. The number of aromatic nitrogens is 4. The first-order chi connectivity index (χ1) is 60.7. The molecule has 0 aliphatic heterocycles. The lowest BCUT2D eigenvalue weighted by Crippen LogP contribution is -2.30. The van der Waals surface area contributed by atoms with Gasteiger partial charge in [0.1, 0.15) is 16.3 Å². The number of fused-ring (bicyclic) bond motifs is 4. The van der Waals surface area contributed by atoms with Gasteiger partial charge in [0.15, 0.2) is 9.84 Å². The van der Waals surface area contributed by atoms with Crippen molar-refractivity contribution in [1.29, 1.82) is 0 Å². The van der Waals surface area contributed by atoms with E-state index in [4.69, 9.17) is 29.9 Å². The van der Waals surface area contributed by atoms with Gasteiger partial charge in [-0.2, -0.15) is 13.4 Å². The molecule has 0 unspecified atom stereocenters. The quantitative estimate of drug-likeness (QED) is 0.0305. The van der Waals surface area contributed by atoms with Crippen LogP contribution in [0.25, 0.3) is 43.1 Å². The van der Waals surface area contributed by atoms with Gasteiger partial charge >= 0.3 is 0 Å². The van der Waals surface area contributed by atoms with Gasteiger partial charge in [-0.25, -0.2) is 44.7 Å². The summed E-state index contributed by atoms with van der Waals surface area (Å²) in [6.45, 7) is 50.2. The van der Waals surface area contributed by atoms with E-state index < -0.39 is 45.6 Å². The molecule has 0 bridgehead atoms. The Morgan fingerprint density at radius 2 is 0.744 bits per heavy atom. The molecule has 734 valence electrons. The van der Waals surface area contributed by atoms with E-state index in [9.17, 15) is 33.7 Å². The molecule has 0 amide bonds. The zero-order chi connectivity index (χ0) is 99.7. The van der Waals surface area contributed by atoms with Crippen LogP contribution in [0, 0.1) is 37.0 Å². The van der Waals surface area contributed by atoms with Crippen molar-refractivity contribution in [2.24, 2.45) is 16.2 Å². The molecule has 3 heterocycles. The normalized spacial score (nSPS) is 12.2. The lowest BCUT2D eigenvalue weighted by molar-refractivity contribution is -0.00463. The van der Waals surface area contributed by atoms with Gasteiger partial charge < -0.3 is 45.3 Å². The summed E-state index contributed by atoms with van der Waals surface area (Å²) in [5, 5.41) is 6.66. The molecule has 8 aromatic carbocycles. The number of nitrogens with two attached hydrogens (primary N) is 2. The Balaban J connectivity index is 0.000000330. The number of pyridine rings is 2. The fourth-order valence-electron chi connectivity index (χ4n) is 13.8. The number of hydrogen-bond acceptors (Lipinski definition) is 22. The lowest BCUT2D eigenvalue weighted by Gasteiger charge is -2.20. The van der Waals surface area contributed by atoms with E-state index in [1.807, 2.05) is 268 Å². The Hall–Kier alpha value is -9.62. The number of anilines is 6. The Bertz CT molecular complexity index is 5960. The molecule has 0 saturated carbocycles. The monoisotopic (exact) mass is 1910 g/mol. The van der Waals surface area contributed by atoms with E-state index in [1.165, 1.54) is 16.8 Å². The molecule has 0 saturated heterocycles. The van der Waals surface area contributed by atoms with Crippen LogP contribution in [0.15, 0.2) is 202 Å². The van der Waals surface area contributed by atoms with Crippen molar-refractivity contribution in [1.82, 2.24) is 29.4 Å². The Morgan fingerprint density at radius 3 is 1.13 bits per heavy atom. The summed E-state index contributed by atoms with van der Waals surface area (Å²) in [5.74, 6) is 1.57. The molecule has 133 heavy (non-hydrogen) atoms. The molecule has 0 fully saturated rings. The van der Waals surface area contributed by atoms with Crippen LogP contribution in [0.1, 0.15) is 207 Å². The van der Waals surface area contributed by atoms with E-state index in [2.05, 4.69) is 111 Å². The van der Waals surface area contributed by atoms with Gasteiger partial charge in [-0.15, -0.1) is 0 Å². The maximum Gasteiger partial charge on any atom is 0.298 e. The second-order valence-electron chi connectivity index (χ2n) is 41.4. The van der Waals surface area contributed by atoms with Gasteiger partial charge in [0.2, 0.25) is 31.9 Å². The summed E-state index contributed by atoms with van der Waals surface area (Å²) in [7, 11) is 1.37. The highest BCUT2D eigenvalue weighted by Gasteiger charge is 2.28. The summed E-state index contributed by atoms with van der Waals surface area (Å²) in [4.78, 5) is 25.7. The second-order valence-corrected chi connectivity index (χ2v) is 48.5. The summed E-state index contributed by atoms with van der Waals surface area (Å²) in [6.07, 6.45) is 7.08. The summed E-state index contributed by atoms with van der Waals surface area (Å²) in [5.41, 5.74) is 20.0. The second kappa shape index (κ2) is 49.2. The molecular weight excluding hydrogens is 1750 g/mol. The number of nitrogen functional groups attached to an aromatic ring is 2. The molecule has 11 rings (SSSR count). The third-order valence-corrected chi connectivity index (χ3v) is 25.8. The molecule has 3 aromatic heterocycles. The average molecular weight is 1910 g/mol. The van der Waals surface area contributed by atoms with Crippen LogP contribution < -0.4 is 45.2 Å². The number of sulfone groups is 1. The highest BCUT2D eigenvalue weighted by Crippen LogP contribution is 2.37. The van der Waals surface area contributed by atoms with Gasteiger partial charge in [-0.1, -0.05) is 173 Å². The van der Waals surface area contributed by atoms with Crippen molar-refractivity contribution in [3.8, 4) is 5.88 Å². The van der Waals surface area contributed by atoms with Gasteiger partial charge in [0.05, 0.1) is 43.8 Å². The minimum Gasteiger partial charge on any atom is -0.472 e. The van der Waals surface area contributed by atoms with E-state index in [-0.39, 0.29) is 58.2 Å². The van der Waals surface area contributed by atoms with Gasteiger partial charge in [0, 0.05) is 171 Å². The van der Waals surface area contributed by atoms with E-state index in [0.29, 0.717) is 68.8 Å². The van der Waals surface area contributed by atoms with Gasteiger partial charge in [-0.05, 0) is 236 Å². The lowest BCUT2D eigenvalue weighted by atomic mass is 9.90. The summed E-state index contributed by atoms with van der Waals surface area (Å²) >= 11 is 0. The third-order valence-electron chi connectivity index (χ3n) is 19.3. The zero-order valence-electron chi connectivity index (χ0n) is 84.9. The van der Waals surface area contributed by atoms with Crippen LogP contribution in [-0.4, -0.2) is 164 Å². The number of unbranched alkanes of at least 4 members (excludes halogenated alkanes) is 2. The molecule has 6 N–H and O–H groups in total. The number of rotatable bonds is 25. The van der Waals surface area contributed by atoms with Crippen molar-refractivity contribution in [2.45, 2.75) is 254 Å². The fourth-order valence-corrected chi connectivity index (χ4v) is 19.4. The highest BCUT2D eigenvalue weighted by atomic mass is 32.2. The molecule has 0 aliphatic rings. The van der Waals surface area contributed by atoms with Crippen molar-refractivity contribution in [3.63, 3.8) is 0 Å². The Morgan fingerprint density at radius 1 is 0.368 bits per heavy atom. The van der Waals surface area contributed by atoms with Crippen LogP contribution in [0.3, 0.4) is 0 Å². The van der Waals surface area contributed by atoms with Crippen LogP contribution >= 0.6 is 0 Å². The van der Waals surface area contributed by atoms with Crippen molar-refractivity contribution >= 4 is 118 Å². The van der Waals surface area contributed by atoms with Crippen LogP contribution in [0.4, 0.5) is 34.5 Å². The fraction of sp³-hybridized carbons (Fsp3) is 0.486. The largest absolute Gasteiger partial charge is 0.472 e. The molecule has 0 radical (unpaired) electrons. The molecule has 11 aromatic rings. The first kappa shape index (κ1) is 116. The number of aryl methyl sites for hydroxylation is 3. The SMILES string of the molecule is C.CN(C)c1cccc2c(S(=O)(=O)CCCCCOC(C)(C)C)cccc12.CN(C)c1cccc2c(S(=O)(=O)NCCC(C)(C)C)cccc12.CN(C)c1cccc2c(S(=O)(=O)NCCOC(C)(C)C)cccc12.CN(C)c1cccc2c(S(=O)(=O)OC(C)(C)C)cccc12.Cc1cc(N)nc(CC(C)(C)C)c1.Cc1cc(OC(C)(C)C)nc(N)n1.Cc1ccnc(CC(C)(C)C)c1. The van der Waals surface area contributed by atoms with Crippen molar-refractivity contribution in [3.05, 3.63) is 210 Å². The van der Waals surface area contributed by atoms with Crippen LogP contribution in [0.5, 0.6) is 5.88 Å². The number of ether oxygens (including phenoxy) is 3. The zero-order valence-corrected chi connectivity index (χ0v) is 88.1. The minimum atomic E-state index is -3.81. The van der Waals surface area contributed by atoms with E-state index in [1.54, 1.807) is 75.4 Å². The van der Waals surface area contributed by atoms with E-state index in [0.717, 1.165) is 98.6 Å². The maximum atomic E-state index is 12.9. The number of hydrogen-bond donors (Lipinski definition) is 4. The summed E-state index contributed by atoms with van der Waals surface area (Å²) in [6, 6.07) is 54.4. The van der Waals surface area contributed by atoms with Crippen molar-refractivity contribution in [2.75, 3.05) is 120 Å². The molecule has 24 nitrogen and oxygen atoms in total. The molecule has 0 aliphatic carbocycles. The molecular formula is C105H158N12O12S4. The first-order valence-electron chi connectivity index (χ1n) is 44.8. The third kappa shape index (κ3) is 40.5. The Kier molecular flexibility index (Phi) is 42.8. The van der Waals surface area contributed by atoms with Gasteiger partial charge in [0.25, 0.3) is 10.1 Å². The predicted octanol–water partition coefficient (Wildman–Crippen LogP) is 22.4. The predicted molar refractivity (Wildman–Crippen MR) is 560 cm³/mol. The topological polar surface area (TPSA) is 314 Å².